The third-order valence-corrected chi connectivity index (χ3v) is 18.2. The van der Waals surface area contributed by atoms with Gasteiger partial charge in [-0.25, -0.2) is 0 Å². The van der Waals surface area contributed by atoms with Gasteiger partial charge in [-0.05, 0) is 6.92 Å². The first-order valence-electron chi connectivity index (χ1n) is 32.0. The number of carbonyl (C=O) groups excluding carboxylic acids is 4. The van der Waals surface area contributed by atoms with Gasteiger partial charge in [-0.2, -0.15) is 0 Å². The Kier molecular flexibility index (Phi) is 29.3. The average Bonchev–Trinajstić information content (AvgIpc) is 0.771. The number of hydrogen-bond acceptors (Lipinski definition) is 40. The molecule has 0 aliphatic carbocycles. The third kappa shape index (κ3) is 18.4. The molecule has 8 aliphatic heterocycles. The molecular formula is C56H94N4O40. The second-order valence-corrected chi connectivity index (χ2v) is 25.4. The second-order valence-electron chi connectivity index (χ2n) is 25.4. The molecule has 100 heavy (non-hydrogen) atoms. The number of hydrogen-bond donors (Lipinski definition) is 25. The molecule has 0 spiro atoms. The second kappa shape index (κ2) is 35.7. The van der Waals surface area contributed by atoms with Crippen molar-refractivity contribution in [2.24, 2.45) is 0 Å². The summed E-state index contributed by atoms with van der Waals surface area (Å²) in [5, 5.41) is 241. The van der Waals surface area contributed by atoms with E-state index < -0.39 is 315 Å². The molecule has 44 nitrogen and oxygen atoms in total. The molecule has 0 bridgehead atoms. The lowest BCUT2D eigenvalue weighted by Crippen LogP contribution is -2.70. The van der Waals surface area contributed by atoms with E-state index in [9.17, 15) is 126 Å². The topological polar surface area (TPSA) is 680 Å². The monoisotopic (exact) mass is 1460 g/mol. The van der Waals surface area contributed by atoms with Crippen molar-refractivity contribution in [3.63, 3.8) is 0 Å². The number of aliphatic hydroxyl groups is 21. The van der Waals surface area contributed by atoms with E-state index in [4.69, 9.17) is 71.1 Å². The molecule has 44 heteroatoms. The maximum Gasteiger partial charge on any atom is 0.217 e. The van der Waals surface area contributed by atoms with Gasteiger partial charge in [0.25, 0.3) is 0 Å². The van der Waals surface area contributed by atoms with Crippen LogP contribution in [0.25, 0.3) is 0 Å². The molecule has 40 atom stereocenters. The minimum Gasteiger partial charge on any atom is -0.394 e. The molecule has 578 valence electrons. The Morgan fingerprint density at radius 1 is 0.280 bits per heavy atom. The molecule has 8 heterocycles. The van der Waals surface area contributed by atoms with Crippen LogP contribution >= 0.6 is 0 Å². The van der Waals surface area contributed by atoms with Crippen molar-refractivity contribution in [1.29, 1.82) is 0 Å². The Morgan fingerprint density at radius 3 is 1.11 bits per heavy atom. The number of amides is 4. The average molecular weight is 1460 g/mol. The highest BCUT2D eigenvalue weighted by atomic mass is 16.8. The lowest BCUT2D eigenvalue weighted by molar-refractivity contribution is -0.390. The summed E-state index contributed by atoms with van der Waals surface area (Å²) in [6, 6.07) is -6.74. The molecule has 0 radical (unpaired) electrons. The summed E-state index contributed by atoms with van der Waals surface area (Å²) < 4.78 is 87.5. The molecule has 0 aromatic rings. The summed E-state index contributed by atoms with van der Waals surface area (Å²) in [5.41, 5.74) is 0. The Bertz CT molecular complexity index is 2620. The van der Waals surface area contributed by atoms with Crippen LogP contribution in [-0.2, 0) is 90.2 Å². The van der Waals surface area contributed by atoms with Gasteiger partial charge in [0.2, 0.25) is 23.6 Å². The highest BCUT2D eigenvalue weighted by molar-refractivity contribution is 5.74. The van der Waals surface area contributed by atoms with Crippen molar-refractivity contribution in [3.05, 3.63) is 0 Å². The normalized spacial score (nSPS) is 48.7. The Labute approximate surface area is 567 Å². The van der Waals surface area contributed by atoms with Crippen LogP contribution in [0.1, 0.15) is 34.6 Å². The summed E-state index contributed by atoms with van der Waals surface area (Å²) in [6.45, 7) is -1.35. The zero-order chi connectivity index (χ0) is 73.8. The van der Waals surface area contributed by atoms with Crippen LogP contribution in [-0.4, -0.2) is 423 Å². The van der Waals surface area contributed by atoms with Crippen molar-refractivity contribution in [3.8, 4) is 0 Å². The Hall–Kier alpha value is -3.56. The largest absolute Gasteiger partial charge is 0.394 e. The van der Waals surface area contributed by atoms with Gasteiger partial charge in [0.15, 0.2) is 50.3 Å². The van der Waals surface area contributed by atoms with Gasteiger partial charge in [0.1, 0.15) is 189 Å². The van der Waals surface area contributed by atoms with Crippen LogP contribution in [0.5, 0.6) is 0 Å². The highest BCUT2D eigenvalue weighted by Gasteiger charge is 2.59. The lowest BCUT2D eigenvalue weighted by Gasteiger charge is -2.50. The van der Waals surface area contributed by atoms with Crippen LogP contribution in [0.4, 0.5) is 0 Å². The fraction of sp³-hybridized carbons (Fsp3) is 0.929. The van der Waals surface area contributed by atoms with Gasteiger partial charge in [-0.1, -0.05) is 0 Å². The number of nitrogens with one attached hydrogen (secondary N) is 4. The van der Waals surface area contributed by atoms with E-state index in [1.807, 2.05) is 0 Å². The third-order valence-electron chi connectivity index (χ3n) is 18.2. The maximum atomic E-state index is 13.0. The highest BCUT2D eigenvalue weighted by Crippen LogP contribution is 2.38. The van der Waals surface area contributed by atoms with E-state index in [1.165, 1.54) is 6.92 Å². The van der Waals surface area contributed by atoms with Crippen LogP contribution in [0, 0.1) is 0 Å². The van der Waals surface area contributed by atoms with Crippen LogP contribution in [0.3, 0.4) is 0 Å². The predicted octanol–water partition coefficient (Wildman–Crippen LogP) is -16.8. The minimum absolute atomic E-state index is 0.732. The zero-order valence-corrected chi connectivity index (χ0v) is 54.2. The zero-order valence-electron chi connectivity index (χ0n) is 54.2. The summed E-state index contributed by atoms with van der Waals surface area (Å²) >= 11 is 0. The maximum absolute atomic E-state index is 13.0. The van der Waals surface area contributed by atoms with Crippen molar-refractivity contribution in [2.75, 3.05) is 46.2 Å². The molecule has 8 aliphatic rings. The standard InChI is InChI=1S/C56H94N4O40/c1-13-29(69)38(78)41(81)53(89-13)88-12-24-47(36(76)25(49(85)90-24)57-14(2)65)98-52-28(60-17(5)68)37(77)45(20(8-63)93-52)99-56-44(84)48(100-55-43(83)40(80)46(21(9-64)94-55)97-51-27(59-16(4)67)35(75)31(71)19(7-62)92-51)33(73)23(96-56)11-87-54-42(82)39(79)32(72)22(95-54)10-86-50-26(58-15(3)66)34(74)30(70)18(6-61)91-50/h13,18-56,61-64,69-85H,6-12H2,1-5H3,(H,57,65)(H,58,66)(H,59,67)(H,60,68)/t13-,18-,19-,20-,21-,22-,23-,24-,25-,26-,27-,28-,29+,30-,31-,32-,33-,34-,35-,36-,37-,38+,39+,40-,41-,42+,43+,44+,45-,46-,47-,48+,49-,50-,51+,52+,53+,54+,55-,56+/m1/s1. The van der Waals surface area contributed by atoms with Crippen molar-refractivity contribution in [2.45, 2.75) is 280 Å². The molecule has 0 aromatic carbocycles. The number of rotatable bonds is 25. The summed E-state index contributed by atoms with van der Waals surface area (Å²) in [7, 11) is 0. The molecule has 8 saturated heterocycles. The van der Waals surface area contributed by atoms with E-state index in [0.29, 0.717) is 0 Å². The van der Waals surface area contributed by atoms with E-state index in [0.717, 1.165) is 27.7 Å². The van der Waals surface area contributed by atoms with Gasteiger partial charge in [-0.15, -0.1) is 0 Å². The van der Waals surface area contributed by atoms with Gasteiger partial charge in [0.05, 0.1) is 52.4 Å². The number of aliphatic hydroxyl groups excluding tert-OH is 21. The molecule has 8 fully saturated rings. The Balaban J connectivity index is 1.06. The fourth-order valence-electron chi connectivity index (χ4n) is 12.7. The van der Waals surface area contributed by atoms with E-state index in [2.05, 4.69) is 21.3 Å². The van der Waals surface area contributed by atoms with Gasteiger partial charge < -0.3 is 200 Å². The van der Waals surface area contributed by atoms with E-state index in [1.54, 1.807) is 0 Å². The first kappa shape index (κ1) is 82.1. The molecule has 0 aromatic heterocycles. The first-order chi connectivity index (χ1) is 47.2. The molecule has 25 N–H and O–H groups in total. The van der Waals surface area contributed by atoms with Gasteiger partial charge >= 0.3 is 0 Å². The lowest BCUT2D eigenvalue weighted by atomic mass is 9.93. The summed E-state index contributed by atoms with van der Waals surface area (Å²) in [6.07, 6.45) is -69.8. The number of carbonyl (C=O) groups is 4. The van der Waals surface area contributed by atoms with Crippen LogP contribution in [0.15, 0.2) is 0 Å². The summed E-state index contributed by atoms with van der Waals surface area (Å²) in [4.78, 5) is 49.6. The molecule has 4 amide bonds. The van der Waals surface area contributed by atoms with Gasteiger partial charge in [-0.3, -0.25) is 19.2 Å². The van der Waals surface area contributed by atoms with Gasteiger partial charge in [0, 0.05) is 27.7 Å². The summed E-state index contributed by atoms with van der Waals surface area (Å²) in [5.74, 6) is -3.24. The van der Waals surface area contributed by atoms with Crippen molar-refractivity contribution >= 4 is 23.6 Å². The molecule has 0 saturated carbocycles. The Morgan fingerprint density at radius 2 is 0.600 bits per heavy atom. The quantitative estimate of drug-likeness (QED) is 0.0404. The van der Waals surface area contributed by atoms with Crippen LogP contribution < -0.4 is 21.3 Å². The van der Waals surface area contributed by atoms with E-state index in [-0.39, 0.29) is 0 Å². The van der Waals surface area contributed by atoms with Crippen LogP contribution in [0.2, 0.25) is 0 Å². The molecular weight excluding hydrogens is 1370 g/mol. The smallest absolute Gasteiger partial charge is 0.217 e. The first-order valence-corrected chi connectivity index (χ1v) is 32.0. The SMILES string of the molecule is CC(=O)N[C@@H]1[C@@H](O)[C@H](O[C@@H]2O[C@H](CO)[C@@H](O[C@@H]3O[C@H](CO[C@H]4O[C@H](CO[C@@H]5O[C@H](CO)[C@@H](O)[C@H](O)[C@H]5NC(C)=O)[C@@H](O)[C@H](O)[C@@H]4O)[C@@H](O)[C@H](O[C@H]4O[C@H](CO)[C@@H](O[C@@H]5O[C@H](CO)[C@@H](O)[C@H](O)[C@H]5NC(C)=O)[C@H](O)[C@@H]4O)[C@@H]3O)[C@H](O)[C@H]2NC(C)=O)[C@@H](CO[C@H]2O[C@H](C)[C@H](O)[C@H](O)[C@H]2O)O[C@H]1O. The fourth-order valence-corrected chi connectivity index (χ4v) is 12.7. The van der Waals surface area contributed by atoms with E-state index >= 15 is 0 Å². The molecule has 0 unspecified atom stereocenters. The van der Waals surface area contributed by atoms with Crippen molar-refractivity contribution in [1.82, 2.24) is 21.3 Å². The predicted molar refractivity (Wildman–Crippen MR) is 309 cm³/mol. The molecule has 8 rings (SSSR count). The van der Waals surface area contributed by atoms with Crippen molar-refractivity contribution < 1.29 is 197 Å². The number of ether oxygens (including phenoxy) is 15. The minimum atomic E-state index is -2.44.